The Morgan fingerprint density at radius 1 is 1.27 bits per heavy atom. The molecule has 1 atom stereocenters. The number of carbonyl (C=O) groups excluding carboxylic acids is 1. The van der Waals surface area contributed by atoms with Gasteiger partial charge < -0.3 is 4.90 Å². The van der Waals surface area contributed by atoms with Crippen LogP contribution >= 0.6 is 0 Å². The Labute approximate surface area is 130 Å². The number of likely N-dealkylation sites (tertiary alicyclic amines) is 1. The van der Waals surface area contributed by atoms with E-state index in [4.69, 9.17) is 0 Å². The first-order valence-corrected chi connectivity index (χ1v) is 7.71. The molecule has 0 saturated carbocycles. The van der Waals surface area contributed by atoms with Crippen LogP contribution in [0.5, 0.6) is 0 Å². The van der Waals surface area contributed by atoms with Crippen molar-refractivity contribution in [3.8, 4) is 11.4 Å². The predicted molar refractivity (Wildman–Crippen MR) is 83.0 cm³/mol. The molecule has 0 N–H and O–H groups in total. The number of nitrogens with zero attached hydrogens (tertiary/aromatic N) is 5. The highest BCUT2D eigenvalue weighted by atomic mass is 16.2. The molecule has 6 heteroatoms. The minimum absolute atomic E-state index is 0.0108. The lowest BCUT2D eigenvalue weighted by Gasteiger charge is -2.24. The van der Waals surface area contributed by atoms with Crippen LogP contribution in [0.25, 0.3) is 11.4 Å². The summed E-state index contributed by atoms with van der Waals surface area (Å²) >= 11 is 0. The summed E-state index contributed by atoms with van der Waals surface area (Å²) in [5.74, 6) is 0.0940. The van der Waals surface area contributed by atoms with Crippen molar-refractivity contribution in [2.45, 2.75) is 45.7 Å². The van der Waals surface area contributed by atoms with Gasteiger partial charge in [0.15, 0.2) is 0 Å². The zero-order valence-corrected chi connectivity index (χ0v) is 13.2. The van der Waals surface area contributed by atoms with Crippen LogP contribution in [0.4, 0.5) is 0 Å². The molecule has 0 radical (unpaired) electrons. The highest BCUT2D eigenvalue weighted by Gasteiger charge is 2.32. The Morgan fingerprint density at radius 2 is 2.05 bits per heavy atom. The molecule has 0 aromatic carbocycles. The second kappa shape index (κ2) is 5.87. The average molecular weight is 299 g/mol. The van der Waals surface area contributed by atoms with Gasteiger partial charge in [-0.3, -0.25) is 19.4 Å². The van der Waals surface area contributed by atoms with Crippen molar-refractivity contribution in [3.05, 3.63) is 30.4 Å². The van der Waals surface area contributed by atoms with Gasteiger partial charge >= 0.3 is 0 Å². The lowest BCUT2D eigenvalue weighted by atomic mass is 10.1. The van der Waals surface area contributed by atoms with E-state index in [9.17, 15) is 4.79 Å². The fourth-order valence-corrected chi connectivity index (χ4v) is 3.13. The molecule has 6 nitrogen and oxygen atoms in total. The van der Waals surface area contributed by atoms with Crippen molar-refractivity contribution >= 4 is 5.91 Å². The SMILES string of the molecule is CC(=O)N1CCCC1c1nccnc1-c1ccnn1C(C)C. The van der Waals surface area contributed by atoms with E-state index in [-0.39, 0.29) is 18.0 Å². The van der Waals surface area contributed by atoms with Crippen molar-refractivity contribution < 1.29 is 4.79 Å². The van der Waals surface area contributed by atoms with Crippen LogP contribution in [0, 0.1) is 0 Å². The fourth-order valence-electron chi connectivity index (χ4n) is 3.13. The summed E-state index contributed by atoms with van der Waals surface area (Å²) in [6.45, 7) is 6.58. The van der Waals surface area contributed by atoms with E-state index in [2.05, 4.69) is 28.9 Å². The summed E-state index contributed by atoms with van der Waals surface area (Å²) in [5.41, 5.74) is 2.65. The van der Waals surface area contributed by atoms with Crippen molar-refractivity contribution in [1.29, 1.82) is 0 Å². The van der Waals surface area contributed by atoms with Gasteiger partial charge in [0.05, 0.1) is 17.4 Å². The maximum Gasteiger partial charge on any atom is 0.220 e. The lowest BCUT2D eigenvalue weighted by molar-refractivity contribution is -0.129. The third kappa shape index (κ3) is 2.49. The Hall–Kier alpha value is -2.24. The molecule has 1 unspecified atom stereocenters. The number of aromatic nitrogens is 4. The molecule has 3 heterocycles. The fraction of sp³-hybridized carbons (Fsp3) is 0.500. The molecule has 0 aliphatic carbocycles. The molecule has 3 rings (SSSR count). The first-order chi connectivity index (χ1) is 10.6. The maximum absolute atomic E-state index is 11.9. The standard InChI is InChI=1S/C16H21N5O/c1-11(2)21-14(6-7-19-21)16-15(17-8-9-18-16)13-5-4-10-20(13)12(3)22/h6-9,11,13H,4-5,10H2,1-3H3. The monoisotopic (exact) mass is 299 g/mol. The van der Waals surface area contributed by atoms with Crippen molar-refractivity contribution in [3.63, 3.8) is 0 Å². The van der Waals surface area contributed by atoms with Crippen LogP contribution in [0.3, 0.4) is 0 Å². The molecular weight excluding hydrogens is 278 g/mol. The summed E-state index contributed by atoms with van der Waals surface area (Å²) in [5, 5.41) is 4.38. The van der Waals surface area contributed by atoms with E-state index in [1.54, 1.807) is 25.5 Å². The summed E-state index contributed by atoms with van der Waals surface area (Å²) in [6, 6.07) is 2.21. The molecular formula is C16H21N5O. The molecule has 1 amide bonds. The molecule has 1 aliphatic heterocycles. The van der Waals surface area contributed by atoms with Gasteiger partial charge in [0.2, 0.25) is 5.91 Å². The number of carbonyl (C=O) groups is 1. The second-order valence-corrected chi connectivity index (χ2v) is 5.92. The molecule has 1 fully saturated rings. The number of hydrogen-bond acceptors (Lipinski definition) is 4. The molecule has 0 spiro atoms. The Morgan fingerprint density at radius 3 is 2.77 bits per heavy atom. The topological polar surface area (TPSA) is 63.9 Å². The van der Waals surface area contributed by atoms with E-state index < -0.39 is 0 Å². The van der Waals surface area contributed by atoms with Gasteiger partial charge in [-0.25, -0.2) is 0 Å². The molecule has 0 bridgehead atoms. The summed E-state index contributed by atoms with van der Waals surface area (Å²) in [4.78, 5) is 22.8. The highest BCUT2D eigenvalue weighted by Crippen LogP contribution is 2.35. The van der Waals surface area contributed by atoms with E-state index in [1.165, 1.54) is 0 Å². The Bertz CT molecular complexity index is 679. The normalized spacial score (nSPS) is 18.2. The van der Waals surface area contributed by atoms with Crippen LogP contribution in [0.2, 0.25) is 0 Å². The summed E-state index contributed by atoms with van der Waals surface area (Å²) < 4.78 is 1.95. The molecule has 2 aromatic rings. The van der Waals surface area contributed by atoms with E-state index in [1.807, 2.05) is 15.6 Å². The van der Waals surface area contributed by atoms with E-state index in [0.717, 1.165) is 36.5 Å². The second-order valence-electron chi connectivity index (χ2n) is 5.92. The van der Waals surface area contributed by atoms with Crippen LogP contribution in [0.15, 0.2) is 24.7 Å². The molecule has 116 valence electrons. The van der Waals surface area contributed by atoms with Gasteiger partial charge in [-0.1, -0.05) is 0 Å². The third-order valence-electron chi connectivity index (χ3n) is 4.10. The maximum atomic E-state index is 11.9. The summed E-state index contributed by atoms with van der Waals surface area (Å²) in [6.07, 6.45) is 7.12. The minimum Gasteiger partial charge on any atom is -0.334 e. The molecule has 1 saturated heterocycles. The van der Waals surface area contributed by atoms with E-state index in [0.29, 0.717) is 0 Å². The minimum atomic E-state index is 0.0108. The van der Waals surface area contributed by atoms with Crippen molar-refractivity contribution in [1.82, 2.24) is 24.6 Å². The van der Waals surface area contributed by atoms with Crippen molar-refractivity contribution in [2.75, 3.05) is 6.54 Å². The summed E-state index contributed by atoms with van der Waals surface area (Å²) in [7, 11) is 0. The van der Waals surface area contributed by atoms with Gasteiger partial charge in [0, 0.05) is 38.1 Å². The number of hydrogen-bond donors (Lipinski definition) is 0. The molecule has 22 heavy (non-hydrogen) atoms. The van der Waals surface area contributed by atoms with Gasteiger partial charge in [0.1, 0.15) is 5.69 Å². The number of rotatable bonds is 3. The zero-order chi connectivity index (χ0) is 15.7. The molecule has 2 aromatic heterocycles. The van der Waals surface area contributed by atoms with Crippen LogP contribution in [-0.2, 0) is 4.79 Å². The first-order valence-electron chi connectivity index (χ1n) is 7.71. The average Bonchev–Trinajstić information content (AvgIpc) is 3.16. The van der Waals surface area contributed by atoms with Crippen LogP contribution in [-0.4, -0.2) is 37.1 Å². The largest absolute Gasteiger partial charge is 0.334 e. The molecule has 1 aliphatic rings. The van der Waals surface area contributed by atoms with Gasteiger partial charge in [-0.2, -0.15) is 5.10 Å². The smallest absolute Gasteiger partial charge is 0.220 e. The van der Waals surface area contributed by atoms with Gasteiger partial charge in [0.25, 0.3) is 0 Å². The number of amides is 1. The van der Waals surface area contributed by atoms with Crippen molar-refractivity contribution in [2.24, 2.45) is 0 Å². The zero-order valence-electron chi connectivity index (χ0n) is 13.2. The van der Waals surface area contributed by atoms with Gasteiger partial charge in [-0.05, 0) is 32.8 Å². The third-order valence-corrected chi connectivity index (χ3v) is 4.10. The Balaban J connectivity index is 2.07. The lowest BCUT2D eigenvalue weighted by Crippen LogP contribution is -2.29. The Kier molecular flexibility index (Phi) is 3.92. The highest BCUT2D eigenvalue weighted by molar-refractivity contribution is 5.74. The van der Waals surface area contributed by atoms with E-state index >= 15 is 0 Å². The van der Waals surface area contributed by atoms with Gasteiger partial charge in [-0.15, -0.1) is 0 Å². The quantitative estimate of drug-likeness (QED) is 0.874. The van der Waals surface area contributed by atoms with Crippen LogP contribution < -0.4 is 0 Å². The predicted octanol–water partition coefficient (Wildman–Crippen LogP) is 2.60. The van der Waals surface area contributed by atoms with Crippen LogP contribution in [0.1, 0.15) is 51.4 Å². The first kappa shape index (κ1) is 14.7.